The molecule has 7 nitrogen and oxygen atoms in total. The highest BCUT2D eigenvalue weighted by molar-refractivity contribution is 5.89. The molecule has 1 aliphatic rings. The zero-order chi connectivity index (χ0) is 19.1. The zero-order valence-corrected chi connectivity index (χ0v) is 15.9. The number of unbranched alkanes of at least 4 members (excludes halogenated alkanes) is 1. The number of aromatic amines is 1. The number of aromatic nitrogens is 1. The molecule has 1 aliphatic heterocycles. The number of H-pyrrole nitrogens is 1. The van der Waals surface area contributed by atoms with Gasteiger partial charge in [-0.1, -0.05) is 18.2 Å². The van der Waals surface area contributed by atoms with Crippen molar-refractivity contribution in [3.05, 3.63) is 36.0 Å². The average molecular weight is 372 g/mol. The van der Waals surface area contributed by atoms with E-state index < -0.39 is 0 Å². The van der Waals surface area contributed by atoms with Crippen molar-refractivity contribution in [2.75, 3.05) is 46.4 Å². The smallest absolute Gasteiger partial charge is 0.317 e. The summed E-state index contributed by atoms with van der Waals surface area (Å²) in [6.45, 7) is 3.68. The second-order valence-corrected chi connectivity index (χ2v) is 6.84. The number of ether oxygens (including phenoxy) is 1. The van der Waals surface area contributed by atoms with Gasteiger partial charge in [-0.3, -0.25) is 4.79 Å². The number of hydrogen-bond donors (Lipinski definition) is 2. The first kappa shape index (κ1) is 19.2. The largest absolute Gasteiger partial charge is 0.385 e. The van der Waals surface area contributed by atoms with Crippen molar-refractivity contribution in [3.8, 4) is 0 Å². The van der Waals surface area contributed by atoms with Crippen LogP contribution in [0.1, 0.15) is 18.4 Å². The van der Waals surface area contributed by atoms with Crippen molar-refractivity contribution in [2.45, 2.75) is 19.3 Å². The fourth-order valence-corrected chi connectivity index (χ4v) is 3.39. The molecule has 0 unspecified atom stereocenters. The number of hydrogen-bond acceptors (Lipinski definition) is 3. The lowest BCUT2D eigenvalue weighted by Crippen LogP contribution is -2.53. The maximum Gasteiger partial charge on any atom is 0.317 e. The highest BCUT2D eigenvalue weighted by Gasteiger charge is 2.24. The highest BCUT2D eigenvalue weighted by atomic mass is 16.5. The molecule has 2 heterocycles. The summed E-state index contributed by atoms with van der Waals surface area (Å²) in [5.41, 5.74) is 2.07. The lowest BCUT2D eigenvalue weighted by atomic mass is 10.1. The Balaban J connectivity index is 1.43. The molecule has 27 heavy (non-hydrogen) atoms. The maximum atomic E-state index is 12.6. The van der Waals surface area contributed by atoms with Crippen LogP contribution in [0.4, 0.5) is 4.79 Å². The number of methoxy groups -OCH3 is 1. The molecule has 0 radical (unpaired) electrons. The van der Waals surface area contributed by atoms with Crippen LogP contribution in [0.15, 0.2) is 30.5 Å². The Morgan fingerprint density at radius 3 is 2.63 bits per heavy atom. The van der Waals surface area contributed by atoms with Gasteiger partial charge in [0.05, 0.1) is 6.42 Å². The van der Waals surface area contributed by atoms with Crippen LogP contribution >= 0.6 is 0 Å². The first-order valence-electron chi connectivity index (χ1n) is 9.53. The molecule has 1 saturated heterocycles. The number of piperazine rings is 1. The molecule has 146 valence electrons. The average Bonchev–Trinajstić information content (AvgIpc) is 3.11. The summed E-state index contributed by atoms with van der Waals surface area (Å²) >= 11 is 0. The lowest BCUT2D eigenvalue weighted by molar-refractivity contribution is -0.131. The predicted molar refractivity (Wildman–Crippen MR) is 105 cm³/mol. The minimum absolute atomic E-state index is 0.0452. The van der Waals surface area contributed by atoms with Crippen LogP contribution in [0.5, 0.6) is 0 Å². The van der Waals surface area contributed by atoms with Crippen LogP contribution in [0.25, 0.3) is 10.9 Å². The molecule has 0 spiro atoms. The molecule has 0 atom stereocenters. The van der Waals surface area contributed by atoms with Crippen LogP contribution in [0, 0.1) is 0 Å². The Morgan fingerprint density at radius 1 is 1.11 bits per heavy atom. The van der Waals surface area contributed by atoms with Crippen LogP contribution in [0.3, 0.4) is 0 Å². The zero-order valence-electron chi connectivity index (χ0n) is 15.9. The first-order valence-corrected chi connectivity index (χ1v) is 9.53. The Bertz CT molecular complexity index is 765. The Hall–Kier alpha value is -2.54. The van der Waals surface area contributed by atoms with E-state index in [0.29, 0.717) is 45.8 Å². The molecule has 1 aromatic carbocycles. The van der Waals surface area contributed by atoms with Crippen LogP contribution in [-0.4, -0.2) is 73.2 Å². The predicted octanol–water partition coefficient (Wildman–Crippen LogP) is 1.99. The molecule has 2 N–H and O–H groups in total. The number of nitrogens with zero attached hydrogens (tertiary/aromatic N) is 2. The number of fused-ring (bicyclic) bond motifs is 1. The van der Waals surface area contributed by atoms with Crippen LogP contribution in [0.2, 0.25) is 0 Å². The van der Waals surface area contributed by atoms with Gasteiger partial charge < -0.3 is 24.8 Å². The fourth-order valence-electron chi connectivity index (χ4n) is 3.39. The standard InChI is InChI=1S/C20H28N4O3/c1-27-13-5-4-8-21-20(26)24-11-9-23(10-12-24)19(25)14-16-15-22-18-7-3-2-6-17(16)18/h2-3,6-7,15,22H,4-5,8-14H2,1H3,(H,21,26). The van der Waals surface area contributed by atoms with Gasteiger partial charge in [-0.15, -0.1) is 0 Å². The van der Waals surface area contributed by atoms with E-state index in [-0.39, 0.29) is 11.9 Å². The normalized spacial score (nSPS) is 14.6. The van der Waals surface area contributed by atoms with Crippen molar-refractivity contribution < 1.29 is 14.3 Å². The monoisotopic (exact) mass is 372 g/mol. The molecular formula is C20H28N4O3. The van der Waals surface area contributed by atoms with E-state index in [2.05, 4.69) is 10.3 Å². The van der Waals surface area contributed by atoms with Gasteiger partial charge in [-0.05, 0) is 24.5 Å². The summed E-state index contributed by atoms with van der Waals surface area (Å²) in [7, 11) is 1.68. The minimum atomic E-state index is -0.0452. The van der Waals surface area contributed by atoms with Gasteiger partial charge in [0, 0.05) is 63.5 Å². The summed E-state index contributed by atoms with van der Waals surface area (Å²) in [4.78, 5) is 31.7. The molecule has 3 amide bonds. The van der Waals surface area contributed by atoms with Crippen molar-refractivity contribution in [3.63, 3.8) is 0 Å². The molecule has 2 aromatic rings. The van der Waals surface area contributed by atoms with E-state index in [1.165, 1.54) is 0 Å². The maximum absolute atomic E-state index is 12.6. The summed E-state index contributed by atoms with van der Waals surface area (Å²) in [5, 5.41) is 4.03. The third-order valence-corrected chi connectivity index (χ3v) is 4.99. The number of urea groups is 1. The quantitative estimate of drug-likeness (QED) is 0.730. The SMILES string of the molecule is COCCCCNC(=O)N1CCN(C(=O)Cc2c[nH]c3ccccc23)CC1. The van der Waals surface area contributed by atoms with E-state index in [0.717, 1.165) is 29.3 Å². The Labute approximate surface area is 159 Å². The highest BCUT2D eigenvalue weighted by Crippen LogP contribution is 2.19. The van der Waals surface area contributed by atoms with Gasteiger partial charge in [-0.2, -0.15) is 0 Å². The van der Waals surface area contributed by atoms with E-state index in [4.69, 9.17) is 4.74 Å². The number of benzene rings is 1. The number of carbonyl (C=O) groups is 2. The van der Waals surface area contributed by atoms with Gasteiger partial charge in [0.25, 0.3) is 0 Å². The molecule has 1 aromatic heterocycles. The van der Waals surface area contributed by atoms with Crippen molar-refractivity contribution in [1.29, 1.82) is 0 Å². The Kier molecular flexibility index (Phi) is 6.70. The van der Waals surface area contributed by atoms with Crippen LogP contribution < -0.4 is 5.32 Å². The van der Waals surface area contributed by atoms with Gasteiger partial charge in [0.15, 0.2) is 0 Å². The molecule has 1 fully saturated rings. The molecule has 0 bridgehead atoms. The lowest BCUT2D eigenvalue weighted by Gasteiger charge is -2.34. The number of para-hydroxylation sites is 1. The second kappa shape index (κ2) is 9.41. The second-order valence-electron chi connectivity index (χ2n) is 6.84. The van der Waals surface area contributed by atoms with Gasteiger partial charge in [0.2, 0.25) is 5.91 Å². The molecule has 0 saturated carbocycles. The van der Waals surface area contributed by atoms with Crippen LogP contribution in [-0.2, 0) is 16.0 Å². The van der Waals surface area contributed by atoms with E-state index in [9.17, 15) is 9.59 Å². The summed E-state index contributed by atoms with van der Waals surface area (Å²) < 4.78 is 5.00. The van der Waals surface area contributed by atoms with Crippen molar-refractivity contribution >= 4 is 22.8 Å². The van der Waals surface area contributed by atoms with E-state index in [1.54, 1.807) is 12.0 Å². The Morgan fingerprint density at radius 2 is 1.85 bits per heavy atom. The summed E-state index contributed by atoms with van der Waals surface area (Å²) in [6, 6.07) is 7.96. The third-order valence-electron chi connectivity index (χ3n) is 4.99. The van der Waals surface area contributed by atoms with E-state index >= 15 is 0 Å². The van der Waals surface area contributed by atoms with E-state index in [1.807, 2.05) is 35.4 Å². The van der Waals surface area contributed by atoms with Crippen molar-refractivity contribution in [1.82, 2.24) is 20.1 Å². The number of nitrogens with one attached hydrogen (secondary N) is 2. The van der Waals surface area contributed by atoms with Gasteiger partial charge in [-0.25, -0.2) is 4.79 Å². The summed E-state index contributed by atoms with van der Waals surface area (Å²) in [5.74, 6) is 0.111. The molecule has 0 aliphatic carbocycles. The number of carbonyl (C=O) groups excluding carboxylic acids is 2. The third kappa shape index (κ3) is 5.01. The number of amides is 3. The first-order chi connectivity index (χ1) is 13.2. The summed E-state index contributed by atoms with van der Waals surface area (Å²) in [6.07, 6.45) is 4.14. The fraction of sp³-hybridized carbons (Fsp3) is 0.500. The van der Waals surface area contributed by atoms with Gasteiger partial charge in [0.1, 0.15) is 0 Å². The number of rotatable bonds is 7. The van der Waals surface area contributed by atoms with Crippen molar-refractivity contribution in [2.24, 2.45) is 0 Å². The topological polar surface area (TPSA) is 77.7 Å². The molecule has 3 rings (SSSR count). The molecule has 7 heteroatoms. The minimum Gasteiger partial charge on any atom is -0.385 e. The molecular weight excluding hydrogens is 344 g/mol. The van der Waals surface area contributed by atoms with Gasteiger partial charge >= 0.3 is 6.03 Å².